The normalized spacial score (nSPS) is 11.4. The predicted octanol–water partition coefficient (Wildman–Crippen LogP) is 3.70. The van der Waals surface area contributed by atoms with Gasteiger partial charge < -0.3 is 10.6 Å². The van der Waals surface area contributed by atoms with E-state index in [-0.39, 0.29) is 24.4 Å². The van der Waals surface area contributed by atoms with Crippen LogP contribution in [0.15, 0.2) is 48.8 Å². The number of amides is 1. The van der Waals surface area contributed by atoms with Gasteiger partial charge in [-0.05, 0) is 42.3 Å². The van der Waals surface area contributed by atoms with Gasteiger partial charge >= 0.3 is 0 Å². The maximum Gasteiger partial charge on any atom is 0.224 e. The fourth-order valence-electron chi connectivity index (χ4n) is 1.99. The van der Waals surface area contributed by atoms with Gasteiger partial charge in [0.1, 0.15) is 0 Å². The molecule has 0 bridgehead atoms. The minimum absolute atomic E-state index is 0. The molecule has 2 rings (SSSR count). The van der Waals surface area contributed by atoms with Gasteiger partial charge in [-0.2, -0.15) is 0 Å². The van der Waals surface area contributed by atoms with E-state index in [9.17, 15) is 4.79 Å². The van der Waals surface area contributed by atoms with Crippen LogP contribution in [0, 0.1) is 0 Å². The van der Waals surface area contributed by atoms with Crippen molar-refractivity contribution in [2.45, 2.75) is 32.9 Å². The third kappa shape index (κ3) is 5.47. The van der Waals surface area contributed by atoms with Gasteiger partial charge in [0.25, 0.3) is 0 Å². The molecular formula is C17H22ClN3O. The van der Waals surface area contributed by atoms with Gasteiger partial charge in [-0.15, -0.1) is 12.4 Å². The summed E-state index contributed by atoms with van der Waals surface area (Å²) in [6, 6.07) is 12.2. The Morgan fingerprint density at radius 2 is 1.77 bits per heavy atom. The standard InChI is InChI=1S/C17H21N3O.ClH/c1-3-17(21)20-16-6-4-15(5-7-16)13(2)19-12-14-8-10-18-11-9-14;/h4-11,13,19H,3,12H2,1-2H3,(H,20,21);1H. The lowest BCUT2D eigenvalue weighted by molar-refractivity contribution is -0.115. The molecule has 1 amide bonds. The summed E-state index contributed by atoms with van der Waals surface area (Å²) in [5, 5.41) is 6.32. The van der Waals surface area contributed by atoms with Crippen LogP contribution >= 0.6 is 12.4 Å². The molecule has 1 aromatic heterocycles. The second-order valence-corrected chi connectivity index (χ2v) is 4.98. The number of carbonyl (C=O) groups excluding carboxylic acids is 1. The van der Waals surface area contributed by atoms with Crippen LogP contribution in [0.1, 0.15) is 37.4 Å². The Labute approximate surface area is 137 Å². The minimum atomic E-state index is 0. The molecule has 0 aliphatic carbocycles. The number of benzene rings is 1. The van der Waals surface area contributed by atoms with Crippen molar-refractivity contribution in [3.05, 3.63) is 59.9 Å². The number of nitrogens with zero attached hydrogens (tertiary/aromatic N) is 1. The van der Waals surface area contributed by atoms with E-state index in [4.69, 9.17) is 0 Å². The molecular weight excluding hydrogens is 298 g/mol. The zero-order valence-corrected chi connectivity index (χ0v) is 13.7. The molecule has 0 radical (unpaired) electrons. The SMILES string of the molecule is CCC(=O)Nc1ccc(C(C)NCc2ccncc2)cc1.Cl. The van der Waals surface area contributed by atoms with Crippen LogP contribution in [0.25, 0.3) is 0 Å². The van der Waals surface area contributed by atoms with Crippen molar-refractivity contribution in [3.63, 3.8) is 0 Å². The van der Waals surface area contributed by atoms with E-state index in [0.29, 0.717) is 6.42 Å². The average molecular weight is 320 g/mol. The molecule has 0 aliphatic heterocycles. The van der Waals surface area contributed by atoms with E-state index in [1.165, 1.54) is 11.1 Å². The number of rotatable bonds is 6. The van der Waals surface area contributed by atoms with Crippen molar-refractivity contribution in [1.29, 1.82) is 0 Å². The van der Waals surface area contributed by atoms with Crippen LogP contribution in [-0.4, -0.2) is 10.9 Å². The van der Waals surface area contributed by atoms with Gasteiger partial charge in [0.05, 0.1) is 0 Å². The number of pyridine rings is 1. The Balaban J connectivity index is 0.00000242. The maximum atomic E-state index is 11.3. The van der Waals surface area contributed by atoms with Crippen LogP contribution < -0.4 is 10.6 Å². The number of hydrogen-bond acceptors (Lipinski definition) is 3. The molecule has 2 N–H and O–H groups in total. The summed E-state index contributed by atoms with van der Waals surface area (Å²) in [5.74, 6) is 0.0339. The Hall–Kier alpha value is -1.91. The molecule has 1 unspecified atom stereocenters. The number of nitrogens with one attached hydrogen (secondary N) is 2. The first-order chi connectivity index (χ1) is 10.2. The molecule has 4 nitrogen and oxygen atoms in total. The lowest BCUT2D eigenvalue weighted by atomic mass is 10.1. The molecule has 0 saturated heterocycles. The zero-order chi connectivity index (χ0) is 15.1. The minimum Gasteiger partial charge on any atom is -0.326 e. The summed E-state index contributed by atoms with van der Waals surface area (Å²) < 4.78 is 0. The molecule has 118 valence electrons. The molecule has 1 aromatic carbocycles. The van der Waals surface area contributed by atoms with E-state index in [1.807, 2.05) is 43.3 Å². The second-order valence-electron chi connectivity index (χ2n) is 4.98. The Morgan fingerprint density at radius 3 is 2.36 bits per heavy atom. The summed E-state index contributed by atoms with van der Waals surface area (Å²) in [6.07, 6.45) is 4.09. The van der Waals surface area contributed by atoms with Gasteiger partial charge in [-0.1, -0.05) is 19.1 Å². The largest absolute Gasteiger partial charge is 0.326 e. The summed E-state index contributed by atoms with van der Waals surface area (Å²) in [6.45, 7) is 4.77. The van der Waals surface area contributed by atoms with Gasteiger partial charge in [-0.25, -0.2) is 0 Å². The number of halogens is 1. The first kappa shape index (κ1) is 18.1. The fraction of sp³-hybridized carbons (Fsp3) is 0.294. The molecule has 0 spiro atoms. The van der Waals surface area contributed by atoms with Crippen LogP contribution in [0.2, 0.25) is 0 Å². The predicted molar refractivity (Wildman–Crippen MR) is 92.1 cm³/mol. The van der Waals surface area contributed by atoms with Gasteiger partial charge in [0.15, 0.2) is 0 Å². The number of carbonyl (C=O) groups is 1. The third-order valence-corrected chi connectivity index (χ3v) is 3.38. The highest BCUT2D eigenvalue weighted by molar-refractivity contribution is 5.90. The average Bonchev–Trinajstić information content (AvgIpc) is 2.54. The first-order valence-electron chi connectivity index (χ1n) is 7.21. The van der Waals surface area contributed by atoms with Gasteiger partial charge in [0, 0.05) is 37.1 Å². The Morgan fingerprint density at radius 1 is 1.14 bits per heavy atom. The summed E-state index contributed by atoms with van der Waals surface area (Å²) in [4.78, 5) is 15.3. The quantitative estimate of drug-likeness (QED) is 0.853. The monoisotopic (exact) mass is 319 g/mol. The Bertz CT molecular complexity index is 572. The fourth-order valence-corrected chi connectivity index (χ4v) is 1.99. The number of anilines is 1. The third-order valence-electron chi connectivity index (χ3n) is 3.38. The van der Waals surface area contributed by atoms with Crippen molar-refractivity contribution in [3.8, 4) is 0 Å². The lowest BCUT2D eigenvalue weighted by Crippen LogP contribution is -2.18. The molecule has 0 fully saturated rings. The molecule has 1 heterocycles. The first-order valence-corrected chi connectivity index (χ1v) is 7.21. The van der Waals surface area contributed by atoms with E-state index in [1.54, 1.807) is 12.4 Å². The van der Waals surface area contributed by atoms with Crippen LogP contribution in [-0.2, 0) is 11.3 Å². The van der Waals surface area contributed by atoms with Crippen molar-refractivity contribution < 1.29 is 4.79 Å². The second kappa shape index (κ2) is 9.18. The lowest BCUT2D eigenvalue weighted by Gasteiger charge is -2.15. The van der Waals surface area contributed by atoms with Gasteiger partial charge in [0.2, 0.25) is 5.91 Å². The van der Waals surface area contributed by atoms with E-state index < -0.39 is 0 Å². The van der Waals surface area contributed by atoms with Crippen molar-refractivity contribution in [1.82, 2.24) is 10.3 Å². The molecule has 1 atom stereocenters. The number of hydrogen-bond donors (Lipinski definition) is 2. The number of aromatic nitrogens is 1. The van der Waals surface area contributed by atoms with Crippen LogP contribution in [0.4, 0.5) is 5.69 Å². The topological polar surface area (TPSA) is 54.0 Å². The van der Waals surface area contributed by atoms with Crippen LogP contribution in [0.3, 0.4) is 0 Å². The maximum absolute atomic E-state index is 11.3. The molecule has 5 heteroatoms. The van der Waals surface area contributed by atoms with E-state index in [0.717, 1.165) is 12.2 Å². The highest BCUT2D eigenvalue weighted by Crippen LogP contribution is 2.16. The van der Waals surface area contributed by atoms with E-state index in [2.05, 4.69) is 22.5 Å². The van der Waals surface area contributed by atoms with Crippen molar-refractivity contribution in [2.75, 3.05) is 5.32 Å². The highest BCUT2D eigenvalue weighted by Gasteiger charge is 2.05. The molecule has 0 aliphatic rings. The Kier molecular flexibility index (Phi) is 7.57. The molecule has 22 heavy (non-hydrogen) atoms. The van der Waals surface area contributed by atoms with Crippen LogP contribution in [0.5, 0.6) is 0 Å². The smallest absolute Gasteiger partial charge is 0.224 e. The summed E-state index contributed by atoms with van der Waals surface area (Å²) in [5.41, 5.74) is 3.24. The molecule has 2 aromatic rings. The van der Waals surface area contributed by atoms with E-state index >= 15 is 0 Å². The van der Waals surface area contributed by atoms with Crippen molar-refractivity contribution >= 4 is 24.0 Å². The van der Waals surface area contributed by atoms with Crippen molar-refractivity contribution in [2.24, 2.45) is 0 Å². The highest BCUT2D eigenvalue weighted by atomic mass is 35.5. The zero-order valence-electron chi connectivity index (χ0n) is 12.9. The summed E-state index contributed by atoms with van der Waals surface area (Å²) >= 11 is 0. The van der Waals surface area contributed by atoms with Gasteiger partial charge in [-0.3, -0.25) is 9.78 Å². The summed E-state index contributed by atoms with van der Waals surface area (Å²) in [7, 11) is 0. The molecule has 0 saturated carbocycles.